The van der Waals surface area contributed by atoms with Gasteiger partial charge in [0, 0.05) is 43.0 Å². The second-order valence-corrected chi connectivity index (χ2v) is 5.27. The average molecular weight is 290 g/mol. The van der Waals surface area contributed by atoms with Gasteiger partial charge in [0.15, 0.2) is 0 Å². The molecule has 2 aromatic heterocycles. The van der Waals surface area contributed by atoms with Crippen LogP contribution in [0.3, 0.4) is 0 Å². The van der Waals surface area contributed by atoms with E-state index >= 15 is 0 Å². The molecule has 0 aliphatic heterocycles. The zero-order valence-electron chi connectivity index (χ0n) is 11.4. The SMILES string of the molecule is CCCNc1ccnc(C(=O)NCCc2nccs2)c1. The average Bonchev–Trinajstić information content (AvgIpc) is 2.98. The molecule has 20 heavy (non-hydrogen) atoms. The second-order valence-electron chi connectivity index (χ2n) is 4.29. The summed E-state index contributed by atoms with van der Waals surface area (Å²) in [4.78, 5) is 20.3. The Hall–Kier alpha value is -1.95. The van der Waals surface area contributed by atoms with Crippen molar-refractivity contribution in [1.82, 2.24) is 15.3 Å². The van der Waals surface area contributed by atoms with Gasteiger partial charge in [-0.1, -0.05) is 6.92 Å². The Morgan fingerprint density at radius 1 is 1.30 bits per heavy atom. The Kier molecular flexibility index (Phi) is 5.49. The number of carbonyl (C=O) groups is 1. The van der Waals surface area contributed by atoms with Crippen molar-refractivity contribution in [3.8, 4) is 0 Å². The number of carbonyl (C=O) groups excluding carboxylic acids is 1. The van der Waals surface area contributed by atoms with Gasteiger partial charge in [0.25, 0.3) is 5.91 Å². The topological polar surface area (TPSA) is 66.9 Å². The van der Waals surface area contributed by atoms with E-state index in [1.807, 2.05) is 11.4 Å². The van der Waals surface area contributed by atoms with Crippen LogP contribution in [-0.4, -0.2) is 29.0 Å². The minimum absolute atomic E-state index is 0.151. The Balaban J connectivity index is 1.85. The molecule has 0 saturated heterocycles. The van der Waals surface area contributed by atoms with E-state index in [1.165, 1.54) is 0 Å². The van der Waals surface area contributed by atoms with Crippen LogP contribution in [0.4, 0.5) is 5.69 Å². The monoisotopic (exact) mass is 290 g/mol. The zero-order valence-corrected chi connectivity index (χ0v) is 12.2. The third kappa shape index (κ3) is 4.31. The van der Waals surface area contributed by atoms with E-state index in [0.717, 1.165) is 30.1 Å². The molecular formula is C14H18N4OS. The van der Waals surface area contributed by atoms with Crippen LogP contribution in [0.15, 0.2) is 29.9 Å². The lowest BCUT2D eigenvalue weighted by Gasteiger charge is -2.07. The number of nitrogens with one attached hydrogen (secondary N) is 2. The van der Waals surface area contributed by atoms with Gasteiger partial charge in [0.1, 0.15) is 5.69 Å². The van der Waals surface area contributed by atoms with Gasteiger partial charge in [-0.15, -0.1) is 11.3 Å². The fraction of sp³-hybridized carbons (Fsp3) is 0.357. The van der Waals surface area contributed by atoms with E-state index in [4.69, 9.17) is 0 Å². The van der Waals surface area contributed by atoms with Crippen LogP contribution in [0.25, 0.3) is 0 Å². The molecule has 0 aliphatic rings. The number of anilines is 1. The number of thiazole rings is 1. The summed E-state index contributed by atoms with van der Waals surface area (Å²) in [5.74, 6) is -0.151. The summed E-state index contributed by atoms with van der Waals surface area (Å²) in [5.41, 5.74) is 1.36. The first kappa shape index (κ1) is 14.5. The predicted octanol–water partition coefficient (Wildman–Crippen LogP) is 2.33. The summed E-state index contributed by atoms with van der Waals surface area (Å²) in [6.45, 7) is 3.55. The summed E-state index contributed by atoms with van der Waals surface area (Å²) in [5, 5.41) is 9.05. The standard InChI is InChI=1S/C14H18N4OS/c1-2-5-15-11-3-6-16-12(10-11)14(19)18-7-4-13-17-8-9-20-13/h3,6,8-10H,2,4-5,7H2,1H3,(H,15,16)(H,18,19). The predicted molar refractivity (Wildman–Crippen MR) is 81.2 cm³/mol. The van der Waals surface area contributed by atoms with Crippen molar-refractivity contribution in [3.05, 3.63) is 40.6 Å². The molecule has 6 heteroatoms. The molecule has 2 rings (SSSR count). The van der Waals surface area contributed by atoms with Crippen LogP contribution in [-0.2, 0) is 6.42 Å². The van der Waals surface area contributed by atoms with Gasteiger partial charge in [0.2, 0.25) is 0 Å². The highest BCUT2D eigenvalue weighted by Crippen LogP contribution is 2.08. The molecule has 2 heterocycles. The molecule has 0 saturated carbocycles. The molecule has 0 aromatic carbocycles. The minimum atomic E-state index is -0.151. The summed E-state index contributed by atoms with van der Waals surface area (Å²) in [6, 6.07) is 3.64. The molecule has 2 aromatic rings. The van der Waals surface area contributed by atoms with Crippen LogP contribution in [0.1, 0.15) is 28.8 Å². The normalized spacial score (nSPS) is 10.2. The number of pyridine rings is 1. The molecule has 0 fully saturated rings. The Morgan fingerprint density at radius 3 is 2.95 bits per heavy atom. The quantitative estimate of drug-likeness (QED) is 0.821. The van der Waals surface area contributed by atoms with E-state index in [-0.39, 0.29) is 5.91 Å². The maximum atomic E-state index is 12.0. The van der Waals surface area contributed by atoms with E-state index in [1.54, 1.807) is 29.8 Å². The lowest BCUT2D eigenvalue weighted by Crippen LogP contribution is -2.26. The first-order valence-electron chi connectivity index (χ1n) is 6.66. The highest BCUT2D eigenvalue weighted by molar-refractivity contribution is 7.09. The number of hydrogen-bond donors (Lipinski definition) is 2. The second kappa shape index (κ2) is 7.59. The Morgan fingerprint density at radius 2 is 2.20 bits per heavy atom. The van der Waals surface area contributed by atoms with Crippen LogP contribution >= 0.6 is 11.3 Å². The number of aromatic nitrogens is 2. The number of amides is 1. The van der Waals surface area contributed by atoms with Crippen LogP contribution in [0, 0.1) is 0 Å². The number of hydrogen-bond acceptors (Lipinski definition) is 5. The zero-order chi connectivity index (χ0) is 14.2. The van der Waals surface area contributed by atoms with E-state index in [2.05, 4.69) is 27.5 Å². The highest BCUT2D eigenvalue weighted by atomic mass is 32.1. The molecule has 0 unspecified atom stereocenters. The smallest absolute Gasteiger partial charge is 0.269 e. The lowest BCUT2D eigenvalue weighted by atomic mass is 10.3. The molecule has 1 amide bonds. The summed E-state index contributed by atoms with van der Waals surface area (Å²) >= 11 is 1.59. The first-order valence-corrected chi connectivity index (χ1v) is 7.54. The van der Waals surface area contributed by atoms with Gasteiger partial charge in [-0.3, -0.25) is 9.78 Å². The van der Waals surface area contributed by atoms with Crippen molar-refractivity contribution in [2.75, 3.05) is 18.4 Å². The molecule has 0 spiro atoms. The van der Waals surface area contributed by atoms with Crippen molar-refractivity contribution in [2.45, 2.75) is 19.8 Å². The van der Waals surface area contributed by atoms with Crippen molar-refractivity contribution >= 4 is 22.9 Å². The molecule has 106 valence electrons. The molecule has 2 N–H and O–H groups in total. The van der Waals surface area contributed by atoms with Crippen LogP contribution in [0.5, 0.6) is 0 Å². The van der Waals surface area contributed by atoms with Crippen molar-refractivity contribution < 1.29 is 4.79 Å². The van der Waals surface area contributed by atoms with E-state index in [9.17, 15) is 4.79 Å². The number of nitrogens with zero attached hydrogens (tertiary/aromatic N) is 2. The molecular weight excluding hydrogens is 272 g/mol. The highest BCUT2D eigenvalue weighted by Gasteiger charge is 2.07. The molecule has 5 nitrogen and oxygen atoms in total. The van der Waals surface area contributed by atoms with Crippen molar-refractivity contribution in [3.63, 3.8) is 0 Å². The van der Waals surface area contributed by atoms with E-state index < -0.39 is 0 Å². The molecule has 0 aliphatic carbocycles. The van der Waals surface area contributed by atoms with Gasteiger partial charge in [-0.05, 0) is 18.6 Å². The molecule has 0 atom stereocenters. The van der Waals surface area contributed by atoms with Crippen LogP contribution in [0.2, 0.25) is 0 Å². The Labute approximate surface area is 122 Å². The van der Waals surface area contributed by atoms with Crippen molar-refractivity contribution in [2.24, 2.45) is 0 Å². The van der Waals surface area contributed by atoms with Gasteiger partial charge in [-0.25, -0.2) is 4.98 Å². The Bertz CT molecular complexity index is 542. The van der Waals surface area contributed by atoms with Gasteiger partial charge < -0.3 is 10.6 Å². The van der Waals surface area contributed by atoms with E-state index in [0.29, 0.717) is 12.2 Å². The van der Waals surface area contributed by atoms with Gasteiger partial charge in [0.05, 0.1) is 5.01 Å². The molecule has 0 bridgehead atoms. The molecule has 0 radical (unpaired) electrons. The first-order chi connectivity index (χ1) is 9.79. The number of rotatable bonds is 7. The maximum Gasteiger partial charge on any atom is 0.269 e. The lowest BCUT2D eigenvalue weighted by molar-refractivity contribution is 0.0949. The third-order valence-corrected chi connectivity index (χ3v) is 3.52. The minimum Gasteiger partial charge on any atom is -0.385 e. The van der Waals surface area contributed by atoms with Gasteiger partial charge >= 0.3 is 0 Å². The summed E-state index contributed by atoms with van der Waals surface area (Å²) in [6.07, 6.45) is 5.20. The fourth-order valence-electron chi connectivity index (χ4n) is 1.68. The van der Waals surface area contributed by atoms with Crippen LogP contribution < -0.4 is 10.6 Å². The fourth-order valence-corrected chi connectivity index (χ4v) is 2.30. The maximum absolute atomic E-state index is 12.0. The summed E-state index contributed by atoms with van der Waals surface area (Å²) in [7, 11) is 0. The van der Waals surface area contributed by atoms with Gasteiger partial charge in [-0.2, -0.15) is 0 Å². The third-order valence-electron chi connectivity index (χ3n) is 2.68. The van der Waals surface area contributed by atoms with Crippen molar-refractivity contribution in [1.29, 1.82) is 0 Å². The largest absolute Gasteiger partial charge is 0.385 e. The summed E-state index contributed by atoms with van der Waals surface area (Å²) < 4.78 is 0.